The lowest BCUT2D eigenvalue weighted by Crippen LogP contribution is -2.24. The zero-order valence-electron chi connectivity index (χ0n) is 10.0. The summed E-state index contributed by atoms with van der Waals surface area (Å²) >= 11 is 1.09. The zero-order chi connectivity index (χ0) is 13.5. The third-order valence-electron chi connectivity index (χ3n) is 2.14. The van der Waals surface area contributed by atoms with Gasteiger partial charge < -0.3 is 5.32 Å². The normalized spacial score (nSPS) is 9.89. The van der Waals surface area contributed by atoms with Crippen molar-refractivity contribution in [2.75, 3.05) is 12.3 Å². The molecule has 96 valence electrons. The van der Waals surface area contributed by atoms with E-state index in [1.54, 1.807) is 12.1 Å². The van der Waals surface area contributed by atoms with Crippen LogP contribution < -0.4 is 5.32 Å². The molecule has 0 aliphatic carbocycles. The third kappa shape index (κ3) is 4.33. The Labute approximate surface area is 109 Å². The van der Waals surface area contributed by atoms with Crippen LogP contribution in [0.4, 0.5) is 4.39 Å². The van der Waals surface area contributed by atoms with Gasteiger partial charge in [0, 0.05) is 17.0 Å². The van der Waals surface area contributed by atoms with Crippen molar-refractivity contribution in [3.05, 3.63) is 42.2 Å². The van der Waals surface area contributed by atoms with Crippen LogP contribution >= 0.6 is 11.8 Å². The molecule has 0 radical (unpaired) electrons. The maximum atomic E-state index is 13.6. The number of ketones is 1. The summed E-state index contributed by atoms with van der Waals surface area (Å²) in [6.45, 7) is 5.25. The minimum absolute atomic E-state index is 0.129. The van der Waals surface area contributed by atoms with E-state index in [0.29, 0.717) is 17.0 Å². The highest BCUT2D eigenvalue weighted by Crippen LogP contribution is 2.22. The van der Waals surface area contributed by atoms with Crippen LogP contribution in [-0.2, 0) is 4.79 Å². The Morgan fingerprint density at radius 2 is 2.22 bits per heavy atom. The van der Waals surface area contributed by atoms with Crippen LogP contribution in [0.15, 0.2) is 35.7 Å². The minimum atomic E-state index is -0.482. The topological polar surface area (TPSA) is 46.2 Å². The molecule has 1 aromatic rings. The second-order valence-electron chi connectivity index (χ2n) is 3.58. The molecule has 1 rings (SSSR count). The van der Waals surface area contributed by atoms with E-state index in [2.05, 4.69) is 11.9 Å². The van der Waals surface area contributed by atoms with E-state index in [-0.39, 0.29) is 17.4 Å². The highest BCUT2D eigenvalue weighted by atomic mass is 32.2. The number of Topliss-reactive ketones (excluding diaryl/α,β-unsaturated/α-hetero) is 1. The van der Waals surface area contributed by atoms with E-state index in [9.17, 15) is 14.0 Å². The first-order chi connectivity index (χ1) is 8.54. The Hall–Kier alpha value is -1.62. The molecule has 0 saturated heterocycles. The molecule has 18 heavy (non-hydrogen) atoms. The van der Waals surface area contributed by atoms with Gasteiger partial charge in [-0.3, -0.25) is 9.59 Å². The first kappa shape index (κ1) is 14.4. The molecule has 1 aromatic carbocycles. The SMILES string of the molecule is C=CCNC(=O)CSc1ccc(C(C)=O)cc1F. The van der Waals surface area contributed by atoms with E-state index in [1.807, 2.05) is 0 Å². The van der Waals surface area contributed by atoms with Crippen molar-refractivity contribution in [2.24, 2.45) is 0 Å². The number of rotatable bonds is 6. The predicted molar refractivity (Wildman–Crippen MR) is 70.3 cm³/mol. The lowest BCUT2D eigenvalue weighted by Gasteiger charge is -2.05. The summed E-state index contributed by atoms with van der Waals surface area (Å²) in [6.07, 6.45) is 1.57. The smallest absolute Gasteiger partial charge is 0.230 e. The highest BCUT2D eigenvalue weighted by Gasteiger charge is 2.08. The van der Waals surface area contributed by atoms with Crippen LogP contribution in [0.1, 0.15) is 17.3 Å². The molecule has 0 heterocycles. The molecule has 1 amide bonds. The van der Waals surface area contributed by atoms with Crippen molar-refractivity contribution in [3.8, 4) is 0 Å². The van der Waals surface area contributed by atoms with E-state index < -0.39 is 5.82 Å². The molecule has 0 saturated carbocycles. The molecule has 0 spiro atoms. The fourth-order valence-corrected chi connectivity index (χ4v) is 1.97. The van der Waals surface area contributed by atoms with E-state index >= 15 is 0 Å². The van der Waals surface area contributed by atoms with Gasteiger partial charge in [0.15, 0.2) is 5.78 Å². The molecule has 1 N–H and O–H groups in total. The van der Waals surface area contributed by atoms with Crippen LogP contribution in [0.5, 0.6) is 0 Å². The number of nitrogens with one attached hydrogen (secondary N) is 1. The van der Waals surface area contributed by atoms with Crippen molar-refractivity contribution < 1.29 is 14.0 Å². The maximum Gasteiger partial charge on any atom is 0.230 e. The number of carbonyl (C=O) groups excluding carboxylic acids is 2. The third-order valence-corrected chi connectivity index (χ3v) is 3.19. The number of halogens is 1. The van der Waals surface area contributed by atoms with Crippen molar-refractivity contribution in [1.29, 1.82) is 0 Å². The van der Waals surface area contributed by atoms with Crippen LogP contribution in [0.25, 0.3) is 0 Å². The largest absolute Gasteiger partial charge is 0.352 e. The first-order valence-electron chi connectivity index (χ1n) is 5.35. The summed E-state index contributed by atoms with van der Waals surface area (Å²) in [5, 5.41) is 2.60. The Bertz CT molecular complexity index is 474. The first-order valence-corrected chi connectivity index (χ1v) is 6.34. The molecule has 0 aromatic heterocycles. The Morgan fingerprint density at radius 3 is 2.78 bits per heavy atom. The molecule has 0 aliphatic heterocycles. The summed E-state index contributed by atoms with van der Waals surface area (Å²) in [5.74, 6) is -0.724. The molecule has 0 unspecified atom stereocenters. The van der Waals surface area contributed by atoms with Gasteiger partial charge in [-0.1, -0.05) is 12.1 Å². The number of amides is 1. The lowest BCUT2D eigenvalue weighted by atomic mass is 10.1. The molecule has 3 nitrogen and oxygen atoms in total. The summed E-state index contributed by atoms with van der Waals surface area (Å²) in [7, 11) is 0. The fraction of sp³-hybridized carbons (Fsp3) is 0.231. The number of hydrogen-bond acceptors (Lipinski definition) is 3. The Balaban J connectivity index is 2.60. The van der Waals surface area contributed by atoms with Gasteiger partial charge in [-0.2, -0.15) is 0 Å². The van der Waals surface area contributed by atoms with Gasteiger partial charge in [0.25, 0.3) is 0 Å². The summed E-state index contributed by atoms with van der Waals surface area (Å²) < 4.78 is 13.6. The van der Waals surface area contributed by atoms with E-state index in [1.165, 1.54) is 19.1 Å². The molecule has 0 atom stereocenters. The Kier molecular flexibility index (Phi) is 5.58. The molecular weight excluding hydrogens is 253 g/mol. The lowest BCUT2D eigenvalue weighted by molar-refractivity contribution is -0.118. The van der Waals surface area contributed by atoms with Crippen LogP contribution in [-0.4, -0.2) is 24.0 Å². The molecule has 0 fully saturated rings. The van der Waals surface area contributed by atoms with Gasteiger partial charge in [-0.15, -0.1) is 18.3 Å². The fourth-order valence-electron chi connectivity index (χ4n) is 1.22. The van der Waals surface area contributed by atoms with Crippen LogP contribution in [0.3, 0.4) is 0 Å². The van der Waals surface area contributed by atoms with Crippen molar-refractivity contribution in [3.63, 3.8) is 0 Å². The standard InChI is InChI=1S/C13H14FNO2S/c1-3-6-15-13(17)8-18-12-5-4-10(9(2)16)7-11(12)14/h3-5,7H,1,6,8H2,2H3,(H,15,17). The number of thioether (sulfide) groups is 1. The maximum absolute atomic E-state index is 13.6. The summed E-state index contributed by atoms with van der Waals surface area (Å²) in [5.41, 5.74) is 0.327. The monoisotopic (exact) mass is 267 g/mol. The number of hydrogen-bond donors (Lipinski definition) is 1. The molecular formula is C13H14FNO2S. The van der Waals surface area contributed by atoms with Crippen molar-refractivity contribution in [2.45, 2.75) is 11.8 Å². The predicted octanol–water partition coefficient (Wildman–Crippen LogP) is 2.42. The zero-order valence-corrected chi connectivity index (χ0v) is 10.8. The Morgan fingerprint density at radius 1 is 1.50 bits per heavy atom. The molecule has 5 heteroatoms. The highest BCUT2D eigenvalue weighted by molar-refractivity contribution is 8.00. The second-order valence-corrected chi connectivity index (χ2v) is 4.60. The van der Waals surface area contributed by atoms with E-state index in [0.717, 1.165) is 11.8 Å². The summed E-state index contributed by atoms with van der Waals surface area (Å²) in [6, 6.07) is 4.25. The quantitative estimate of drug-likeness (QED) is 0.489. The van der Waals surface area contributed by atoms with Crippen LogP contribution in [0, 0.1) is 5.82 Å². The minimum Gasteiger partial charge on any atom is -0.352 e. The average Bonchev–Trinajstić information content (AvgIpc) is 2.34. The van der Waals surface area contributed by atoms with Gasteiger partial charge in [0.1, 0.15) is 5.82 Å². The summed E-state index contributed by atoms with van der Waals surface area (Å²) in [4.78, 5) is 22.7. The van der Waals surface area contributed by atoms with Gasteiger partial charge >= 0.3 is 0 Å². The van der Waals surface area contributed by atoms with Gasteiger partial charge in [-0.05, 0) is 19.1 Å². The average molecular weight is 267 g/mol. The van der Waals surface area contributed by atoms with Crippen LogP contribution in [0.2, 0.25) is 0 Å². The molecule has 0 aliphatic rings. The number of carbonyl (C=O) groups is 2. The van der Waals surface area contributed by atoms with E-state index in [4.69, 9.17) is 0 Å². The van der Waals surface area contributed by atoms with Gasteiger partial charge in [-0.25, -0.2) is 4.39 Å². The van der Waals surface area contributed by atoms with Gasteiger partial charge in [0.2, 0.25) is 5.91 Å². The second kappa shape index (κ2) is 6.96. The molecule has 0 bridgehead atoms. The van der Waals surface area contributed by atoms with Gasteiger partial charge in [0.05, 0.1) is 5.75 Å². The van der Waals surface area contributed by atoms with Crippen molar-refractivity contribution in [1.82, 2.24) is 5.32 Å². The number of benzene rings is 1. The van der Waals surface area contributed by atoms with Crippen molar-refractivity contribution >= 4 is 23.5 Å².